The lowest BCUT2D eigenvalue weighted by atomic mass is 10.0. The molecule has 2 atom stereocenters. The van der Waals surface area contributed by atoms with Gasteiger partial charge in [-0.15, -0.1) is 0 Å². The van der Waals surface area contributed by atoms with Gasteiger partial charge in [-0.2, -0.15) is 5.10 Å². The van der Waals surface area contributed by atoms with Crippen molar-refractivity contribution in [2.24, 2.45) is 10.8 Å². The van der Waals surface area contributed by atoms with Crippen LogP contribution in [0.5, 0.6) is 0 Å². The van der Waals surface area contributed by atoms with Crippen molar-refractivity contribution in [2.75, 3.05) is 21.5 Å². The lowest BCUT2D eigenvalue weighted by Gasteiger charge is -2.44. The minimum atomic E-state index is -1.60. The number of hydrogen-bond donors (Lipinski definition) is 2. The first-order valence-corrected chi connectivity index (χ1v) is 14.1. The lowest BCUT2D eigenvalue weighted by molar-refractivity contribution is -0.151. The Morgan fingerprint density at radius 2 is 1.68 bits per heavy atom. The number of benzene rings is 3. The fourth-order valence-corrected chi connectivity index (χ4v) is 5.58. The Hall–Kier alpha value is -4.02. The number of nitrogens with one attached hydrogen (secondary N) is 1. The number of ether oxygens (including phenoxy) is 1. The number of nitrogens with zero attached hydrogens (tertiary/aromatic N) is 4. The molecule has 0 amide bonds. The van der Waals surface area contributed by atoms with Crippen molar-refractivity contribution >= 4 is 28.9 Å². The molecule has 0 bridgehead atoms. The number of nitrogens with two attached hydrogens (primary N) is 1. The standard InChI is InChI=1S/C31H36F2N6O2/c1-4-14-31(34,29(40)41-20-35-19-22-11-9-10-21(5-2)15-22)38-26-12-7-8-13-27(26)39-30(38)37(28(6-3)36-39)25-17-23(32)16-24(33)18-25/h7-13,15-18,30,35H,4-6,14,19-20,34H2,1-3H3/t30?,31-/m0/s1. The van der Waals surface area contributed by atoms with E-state index in [4.69, 9.17) is 15.6 Å². The largest absolute Gasteiger partial charge is 0.447 e. The highest BCUT2D eigenvalue weighted by atomic mass is 19.1. The van der Waals surface area contributed by atoms with Gasteiger partial charge in [0.15, 0.2) is 5.66 Å². The number of anilines is 3. The van der Waals surface area contributed by atoms with Gasteiger partial charge in [-0.3, -0.25) is 16.0 Å². The number of rotatable bonds is 11. The number of hydrogen-bond acceptors (Lipinski definition) is 8. The quantitative estimate of drug-likeness (QED) is 0.183. The van der Waals surface area contributed by atoms with E-state index in [1.54, 1.807) is 14.8 Å². The molecule has 2 aliphatic heterocycles. The van der Waals surface area contributed by atoms with E-state index in [-0.39, 0.29) is 18.8 Å². The predicted octanol–water partition coefficient (Wildman–Crippen LogP) is 5.43. The molecular formula is C31H36F2N6O2. The van der Waals surface area contributed by atoms with Gasteiger partial charge in [-0.05, 0) is 48.2 Å². The summed E-state index contributed by atoms with van der Waals surface area (Å²) in [4.78, 5) is 17.3. The van der Waals surface area contributed by atoms with Crippen molar-refractivity contribution in [1.29, 1.82) is 0 Å². The molecule has 2 aliphatic rings. The van der Waals surface area contributed by atoms with Gasteiger partial charge in [0.25, 0.3) is 0 Å². The molecule has 0 fully saturated rings. The molecule has 0 saturated heterocycles. The van der Waals surface area contributed by atoms with Gasteiger partial charge in [0.05, 0.1) is 17.1 Å². The SMILES string of the molecule is CCC[C@@](N)(C(=O)OCNCc1cccc(CC)c1)N1c2ccccc2N2N=C(CC)N(c3cc(F)cc(F)c3)C21. The third-order valence-corrected chi connectivity index (χ3v) is 7.46. The van der Waals surface area contributed by atoms with Crippen molar-refractivity contribution < 1.29 is 18.3 Å². The Bertz CT molecular complexity index is 1430. The van der Waals surface area contributed by atoms with Crippen LogP contribution in [0.3, 0.4) is 0 Å². The van der Waals surface area contributed by atoms with Crippen molar-refractivity contribution in [3.63, 3.8) is 0 Å². The third kappa shape index (κ3) is 5.37. The number of para-hydroxylation sites is 2. The van der Waals surface area contributed by atoms with E-state index >= 15 is 0 Å². The molecule has 3 N–H and O–H groups in total. The molecule has 3 aromatic rings. The maximum Gasteiger partial charge on any atom is 0.348 e. The second-order valence-electron chi connectivity index (χ2n) is 10.3. The van der Waals surface area contributed by atoms with Crippen LogP contribution in [0, 0.1) is 11.6 Å². The maximum atomic E-state index is 14.4. The summed E-state index contributed by atoms with van der Waals surface area (Å²) in [6.07, 6.45) is 1.52. The molecule has 8 nitrogen and oxygen atoms in total. The highest BCUT2D eigenvalue weighted by Crippen LogP contribution is 2.48. The molecule has 0 aromatic heterocycles. The molecule has 0 saturated carbocycles. The molecular weight excluding hydrogens is 526 g/mol. The van der Waals surface area contributed by atoms with E-state index in [0.29, 0.717) is 30.9 Å². The van der Waals surface area contributed by atoms with E-state index in [9.17, 15) is 13.6 Å². The summed E-state index contributed by atoms with van der Waals surface area (Å²) >= 11 is 0. The number of halogens is 2. The van der Waals surface area contributed by atoms with Crippen LogP contribution in [0.1, 0.15) is 51.2 Å². The van der Waals surface area contributed by atoms with Gasteiger partial charge in [0.1, 0.15) is 24.2 Å². The second-order valence-corrected chi connectivity index (χ2v) is 10.3. The molecule has 0 spiro atoms. The van der Waals surface area contributed by atoms with Crippen LogP contribution in [0.2, 0.25) is 0 Å². The van der Waals surface area contributed by atoms with Crippen molar-refractivity contribution in [3.05, 3.63) is 89.5 Å². The van der Waals surface area contributed by atoms with E-state index < -0.39 is 29.6 Å². The number of fused-ring (bicyclic) bond motifs is 3. The predicted molar refractivity (Wildman–Crippen MR) is 157 cm³/mol. The molecule has 0 aliphatic carbocycles. The summed E-state index contributed by atoms with van der Waals surface area (Å²) in [5.41, 5.74) is 9.42. The molecule has 10 heteroatoms. The average Bonchev–Trinajstić information content (AvgIpc) is 3.49. The Morgan fingerprint density at radius 1 is 0.976 bits per heavy atom. The molecule has 216 valence electrons. The van der Waals surface area contributed by atoms with Crippen molar-refractivity contribution in [1.82, 2.24) is 5.32 Å². The topological polar surface area (TPSA) is 86.4 Å². The zero-order valence-corrected chi connectivity index (χ0v) is 23.6. The van der Waals surface area contributed by atoms with Crippen molar-refractivity contribution in [3.8, 4) is 0 Å². The molecule has 5 rings (SSSR count). The number of esters is 1. The molecule has 0 radical (unpaired) electrons. The van der Waals surface area contributed by atoms with Gasteiger partial charge in [-0.1, -0.05) is 63.6 Å². The summed E-state index contributed by atoms with van der Waals surface area (Å²) in [6, 6.07) is 19.0. The smallest absolute Gasteiger partial charge is 0.348 e. The lowest BCUT2D eigenvalue weighted by Crippen LogP contribution is -2.69. The number of carbonyl (C=O) groups is 1. The van der Waals surface area contributed by atoms with Gasteiger partial charge >= 0.3 is 5.97 Å². The van der Waals surface area contributed by atoms with Crippen LogP contribution in [0.25, 0.3) is 0 Å². The summed E-state index contributed by atoms with van der Waals surface area (Å²) in [6.45, 7) is 6.46. The Kier molecular flexibility index (Phi) is 8.23. The van der Waals surface area contributed by atoms with E-state index in [0.717, 1.165) is 23.7 Å². The summed E-state index contributed by atoms with van der Waals surface area (Å²) in [7, 11) is 0. The van der Waals surface area contributed by atoms with Gasteiger partial charge in [0.2, 0.25) is 6.29 Å². The molecule has 1 unspecified atom stereocenters. The summed E-state index contributed by atoms with van der Waals surface area (Å²) in [5, 5.41) is 9.73. The monoisotopic (exact) mass is 562 g/mol. The Labute approximate surface area is 239 Å². The Balaban J connectivity index is 1.45. The van der Waals surface area contributed by atoms with Gasteiger partial charge in [0, 0.05) is 19.0 Å². The first kappa shape index (κ1) is 28.5. The van der Waals surface area contributed by atoms with E-state index in [1.807, 2.05) is 50.2 Å². The first-order valence-electron chi connectivity index (χ1n) is 14.1. The molecule has 41 heavy (non-hydrogen) atoms. The van der Waals surface area contributed by atoms with Gasteiger partial charge < -0.3 is 9.64 Å². The normalized spacial score (nSPS) is 17.3. The van der Waals surface area contributed by atoms with Crippen LogP contribution in [0.4, 0.5) is 25.8 Å². The van der Waals surface area contributed by atoms with E-state index in [1.165, 1.54) is 17.7 Å². The number of carbonyl (C=O) groups excluding carboxylic acids is 1. The van der Waals surface area contributed by atoms with Crippen molar-refractivity contribution in [2.45, 2.75) is 65.0 Å². The number of amidine groups is 1. The zero-order chi connectivity index (χ0) is 29.1. The molecule has 2 heterocycles. The fraction of sp³-hybridized carbons (Fsp3) is 0.355. The number of aryl methyl sites for hydroxylation is 1. The average molecular weight is 563 g/mol. The highest BCUT2D eigenvalue weighted by molar-refractivity contribution is 6.05. The fourth-order valence-electron chi connectivity index (χ4n) is 5.58. The molecule has 3 aromatic carbocycles. The van der Waals surface area contributed by atoms with Crippen LogP contribution >= 0.6 is 0 Å². The van der Waals surface area contributed by atoms with Crippen LogP contribution in [-0.4, -0.2) is 30.5 Å². The second kappa shape index (κ2) is 11.8. The van der Waals surface area contributed by atoms with Gasteiger partial charge in [-0.25, -0.2) is 18.6 Å². The van der Waals surface area contributed by atoms with Crippen LogP contribution < -0.4 is 25.9 Å². The summed E-state index contributed by atoms with van der Waals surface area (Å²) < 4.78 is 34.5. The van der Waals surface area contributed by atoms with Crippen LogP contribution in [0.15, 0.2) is 71.8 Å². The third-order valence-electron chi connectivity index (χ3n) is 7.46. The summed E-state index contributed by atoms with van der Waals surface area (Å²) in [5.74, 6) is -1.44. The first-order chi connectivity index (χ1) is 19.8. The van der Waals surface area contributed by atoms with Crippen LogP contribution in [-0.2, 0) is 22.5 Å². The maximum absolute atomic E-state index is 14.4. The van der Waals surface area contributed by atoms with E-state index in [2.05, 4.69) is 24.4 Å². The zero-order valence-electron chi connectivity index (χ0n) is 23.6. The minimum Gasteiger partial charge on any atom is -0.447 e. The number of hydrazone groups is 1. The highest BCUT2D eigenvalue weighted by Gasteiger charge is 2.55. The Morgan fingerprint density at radius 3 is 2.37 bits per heavy atom. The minimum absolute atomic E-state index is 0.0305.